The molecule has 1 aliphatic carbocycles. The van der Waals surface area contributed by atoms with Crippen LogP contribution in [0.3, 0.4) is 0 Å². The fourth-order valence-corrected chi connectivity index (χ4v) is 5.46. The minimum atomic E-state index is -0.718. The van der Waals surface area contributed by atoms with Gasteiger partial charge >= 0.3 is 0 Å². The van der Waals surface area contributed by atoms with Gasteiger partial charge in [0.2, 0.25) is 0 Å². The number of hydrogen-bond acceptors (Lipinski definition) is 4. The predicted molar refractivity (Wildman–Crippen MR) is 117 cm³/mol. The summed E-state index contributed by atoms with van der Waals surface area (Å²) in [5.74, 6) is 2.69. The van der Waals surface area contributed by atoms with Crippen LogP contribution in [0.2, 0.25) is 0 Å². The van der Waals surface area contributed by atoms with E-state index in [2.05, 4.69) is 38.7 Å². The van der Waals surface area contributed by atoms with Crippen LogP contribution >= 0.6 is 0 Å². The van der Waals surface area contributed by atoms with Gasteiger partial charge in [0.15, 0.2) is 0 Å². The smallest absolute Gasteiger partial charge is 0.127 e. The van der Waals surface area contributed by atoms with E-state index in [0.717, 1.165) is 55.3 Å². The van der Waals surface area contributed by atoms with Gasteiger partial charge in [-0.1, -0.05) is 30.3 Å². The van der Waals surface area contributed by atoms with Crippen molar-refractivity contribution in [3.63, 3.8) is 0 Å². The predicted octanol–water partition coefficient (Wildman–Crippen LogP) is 4.00. The molecule has 2 heterocycles. The van der Waals surface area contributed by atoms with Gasteiger partial charge in [-0.25, -0.2) is 4.98 Å². The van der Waals surface area contributed by atoms with Gasteiger partial charge in [0.05, 0.1) is 19.3 Å². The Hall–Kier alpha value is -2.63. The number of fused-ring (bicyclic) bond motifs is 1. The lowest BCUT2D eigenvalue weighted by Gasteiger charge is -2.41. The molecule has 5 nitrogen and oxygen atoms in total. The first-order valence-electron chi connectivity index (χ1n) is 10.8. The summed E-state index contributed by atoms with van der Waals surface area (Å²) >= 11 is 0. The molecule has 1 saturated heterocycles. The Morgan fingerprint density at radius 1 is 1.10 bits per heavy atom. The summed E-state index contributed by atoms with van der Waals surface area (Å²) in [6.45, 7) is 2.72. The zero-order chi connectivity index (χ0) is 20.6. The summed E-state index contributed by atoms with van der Waals surface area (Å²) in [5.41, 5.74) is 1.44. The van der Waals surface area contributed by atoms with Crippen molar-refractivity contribution < 1.29 is 9.84 Å². The number of rotatable bonds is 5. The van der Waals surface area contributed by atoms with E-state index < -0.39 is 5.60 Å². The van der Waals surface area contributed by atoms with Crippen LogP contribution in [0.5, 0.6) is 5.75 Å². The Balaban J connectivity index is 1.35. The maximum absolute atomic E-state index is 11.7. The number of methoxy groups -OCH3 is 1. The quantitative estimate of drug-likeness (QED) is 0.700. The normalized spacial score (nSPS) is 26.5. The summed E-state index contributed by atoms with van der Waals surface area (Å²) < 4.78 is 7.42. The summed E-state index contributed by atoms with van der Waals surface area (Å²) in [4.78, 5) is 7.11. The molecule has 156 valence electrons. The number of nitrogens with zero attached hydrogens (tertiary/aromatic N) is 3. The van der Waals surface area contributed by atoms with Crippen molar-refractivity contribution in [2.24, 2.45) is 11.8 Å². The van der Waals surface area contributed by atoms with E-state index in [-0.39, 0.29) is 5.92 Å². The van der Waals surface area contributed by atoms with Crippen molar-refractivity contribution in [3.05, 3.63) is 78.4 Å². The van der Waals surface area contributed by atoms with Crippen LogP contribution in [-0.4, -0.2) is 39.8 Å². The Labute approximate surface area is 177 Å². The van der Waals surface area contributed by atoms with Crippen molar-refractivity contribution in [2.75, 3.05) is 20.2 Å². The third kappa shape index (κ3) is 3.42. The molecule has 1 saturated carbocycles. The number of likely N-dealkylation sites (tertiary alicyclic amines) is 1. The van der Waals surface area contributed by atoms with Gasteiger partial charge in [-0.3, -0.25) is 4.90 Å². The molecule has 1 aliphatic heterocycles. The number of imidazole rings is 1. The molecule has 2 aliphatic rings. The molecular weight excluding hydrogens is 374 g/mol. The van der Waals surface area contributed by atoms with Crippen LogP contribution in [0.15, 0.2) is 67.0 Å². The van der Waals surface area contributed by atoms with Crippen LogP contribution in [-0.2, 0) is 12.1 Å². The van der Waals surface area contributed by atoms with E-state index in [1.54, 1.807) is 7.11 Å². The highest BCUT2D eigenvalue weighted by Crippen LogP contribution is 2.48. The first kappa shape index (κ1) is 19.3. The van der Waals surface area contributed by atoms with Crippen molar-refractivity contribution >= 4 is 0 Å². The molecule has 30 heavy (non-hydrogen) atoms. The number of aliphatic hydroxyl groups is 1. The molecular formula is C25H29N3O2. The molecule has 0 bridgehead atoms. The average Bonchev–Trinajstić information content (AvgIpc) is 3.42. The third-order valence-corrected chi connectivity index (χ3v) is 6.97. The Kier molecular flexibility index (Phi) is 5.09. The second-order valence-corrected chi connectivity index (χ2v) is 8.65. The van der Waals surface area contributed by atoms with Crippen LogP contribution in [0, 0.1) is 11.8 Å². The van der Waals surface area contributed by atoms with Crippen molar-refractivity contribution in [3.8, 4) is 11.4 Å². The second kappa shape index (κ2) is 7.89. The molecule has 3 atom stereocenters. The molecule has 5 rings (SSSR count). The van der Waals surface area contributed by atoms with Gasteiger partial charge < -0.3 is 14.4 Å². The van der Waals surface area contributed by atoms with Crippen molar-refractivity contribution in [1.29, 1.82) is 0 Å². The summed E-state index contributed by atoms with van der Waals surface area (Å²) in [7, 11) is 1.68. The Bertz CT molecular complexity index is 985. The Morgan fingerprint density at radius 2 is 1.90 bits per heavy atom. The minimum Gasteiger partial charge on any atom is -0.497 e. The van der Waals surface area contributed by atoms with Gasteiger partial charge in [0, 0.05) is 37.1 Å². The number of ether oxygens (including phenoxy) is 1. The lowest BCUT2D eigenvalue weighted by atomic mass is 9.67. The maximum atomic E-state index is 11.7. The fourth-order valence-electron chi connectivity index (χ4n) is 5.46. The highest BCUT2D eigenvalue weighted by molar-refractivity contribution is 5.38. The van der Waals surface area contributed by atoms with E-state index in [4.69, 9.17) is 4.74 Å². The second-order valence-electron chi connectivity index (χ2n) is 8.65. The van der Waals surface area contributed by atoms with Crippen molar-refractivity contribution in [1.82, 2.24) is 14.5 Å². The van der Waals surface area contributed by atoms with Gasteiger partial charge in [0.25, 0.3) is 0 Å². The molecule has 0 radical (unpaired) electrons. The van der Waals surface area contributed by atoms with Crippen molar-refractivity contribution in [2.45, 2.75) is 31.4 Å². The first-order valence-corrected chi connectivity index (χ1v) is 10.8. The molecule has 0 unspecified atom stereocenters. The highest BCUT2D eigenvalue weighted by Gasteiger charge is 2.49. The minimum absolute atomic E-state index is 0.276. The van der Waals surface area contributed by atoms with E-state index in [1.807, 2.05) is 42.7 Å². The molecule has 1 aromatic heterocycles. The number of aromatic nitrogens is 2. The van der Waals surface area contributed by atoms with Crippen LogP contribution in [0.1, 0.15) is 30.7 Å². The SMILES string of the molecule is COc1ccc(-n2ccnc2CN2C[C@H]3CCC[C@](O)(c4ccccc4)[C@H]3C2)cc1. The third-order valence-electron chi connectivity index (χ3n) is 6.97. The van der Waals surface area contributed by atoms with Crippen LogP contribution in [0.4, 0.5) is 0 Å². The van der Waals surface area contributed by atoms with Gasteiger partial charge in [0.1, 0.15) is 11.6 Å². The molecule has 5 heteroatoms. The molecule has 0 spiro atoms. The average molecular weight is 404 g/mol. The zero-order valence-electron chi connectivity index (χ0n) is 17.4. The molecule has 2 fully saturated rings. The zero-order valence-corrected chi connectivity index (χ0v) is 17.4. The summed E-state index contributed by atoms with van der Waals surface area (Å²) in [6, 6.07) is 18.3. The van der Waals surface area contributed by atoms with E-state index in [9.17, 15) is 5.11 Å². The standard InChI is InChI=1S/C25H29N3O2/c1-30-22-11-9-21(10-12-22)28-15-14-26-24(28)18-27-16-19-6-5-13-25(29,23(19)17-27)20-7-3-2-4-8-20/h2-4,7-12,14-15,19,23,29H,5-6,13,16-18H2,1H3/t19-,23+,25+/m1/s1. The monoisotopic (exact) mass is 403 g/mol. The van der Waals surface area contributed by atoms with Gasteiger partial charge in [-0.2, -0.15) is 0 Å². The van der Waals surface area contributed by atoms with E-state index in [1.165, 1.54) is 6.42 Å². The molecule has 1 N–H and O–H groups in total. The summed E-state index contributed by atoms with van der Waals surface area (Å²) in [6.07, 6.45) is 7.01. The number of benzene rings is 2. The molecule has 0 amide bonds. The fraction of sp³-hybridized carbons (Fsp3) is 0.400. The highest BCUT2D eigenvalue weighted by atomic mass is 16.5. The van der Waals surface area contributed by atoms with Gasteiger partial charge in [-0.15, -0.1) is 0 Å². The largest absolute Gasteiger partial charge is 0.497 e. The molecule has 2 aromatic carbocycles. The Morgan fingerprint density at radius 3 is 2.67 bits per heavy atom. The van der Waals surface area contributed by atoms with Gasteiger partial charge in [-0.05, 0) is 55.0 Å². The lowest BCUT2D eigenvalue weighted by molar-refractivity contribution is -0.0648. The first-order chi connectivity index (χ1) is 14.7. The summed E-state index contributed by atoms with van der Waals surface area (Å²) in [5, 5.41) is 11.7. The van der Waals surface area contributed by atoms with Crippen LogP contribution in [0.25, 0.3) is 5.69 Å². The van der Waals surface area contributed by atoms with E-state index >= 15 is 0 Å². The lowest BCUT2D eigenvalue weighted by Crippen LogP contribution is -2.42. The maximum Gasteiger partial charge on any atom is 0.127 e. The number of hydrogen-bond donors (Lipinski definition) is 1. The topological polar surface area (TPSA) is 50.5 Å². The van der Waals surface area contributed by atoms with E-state index in [0.29, 0.717) is 5.92 Å². The molecule has 3 aromatic rings. The van der Waals surface area contributed by atoms with Crippen LogP contribution < -0.4 is 4.74 Å².